The molecule has 7 nitrogen and oxygen atoms in total. The van der Waals surface area contributed by atoms with Gasteiger partial charge in [0.05, 0.1) is 38.7 Å². The van der Waals surface area contributed by atoms with Crippen molar-refractivity contribution in [3.05, 3.63) is 210 Å². The standard InChI is InChI=1S/C47H45NO6/c1-7-19-36(20-8-1)31-49-35-42-43(50-32-37-21-9-2-10-22-37)44(51-33-38-23-11-3-12-24-38)45(52-34-39-25-13-4-14-26-39)47(53-42)54-46(40-27-15-5-16-28-40)48-41-29-17-6-18-30-41/h1-30,42-45,47H,31-35H2/t42-,43-,44+,45-,47-/m1/s1. The Morgan fingerprint density at radius 2 is 0.852 bits per heavy atom. The van der Waals surface area contributed by atoms with E-state index >= 15 is 0 Å². The van der Waals surface area contributed by atoms with Gasteiger partial charge in [0.1, 0.15) is 24.4 Å². The Kier molecular flexibility index (Phi) is 13.4. The molecule has 0 aliphatic carbocycles. The van der Waals surface area contributed by atoms with Crippen LogP contribution in [-0.2, 0) is 54.8 Å². The van der Waals surface area contributed by atoms with Gasteiger partial charge in [0.2, 0.25) is 12.2 Å². The second-order valence-corrected chi connectivity index (χ2v) is 13.1. The van der Waals surface area contributed by atoms with Crippen LogP contribution in [0.25, 0.3) is 0 Å². The fraction of sp³-hybridized carbons (Fsp3) is 0.213. The molecule has 1 aliphatic rings. The lowest BCUT2D eigenvalue weighted by Gasteiger charge is -2.45. The summed E-state index contributed by atoms with van der Waals surface area (Å²) < 4.78 is 40.7. The average molecular weight is 720 g/mol. The van der Waals surface area contributed by atoms with Crippen LogP contribution >= 0.6 is 0 Å². The summed E-state index contributed by atoms with van der Waals surface area (Å²) in [7, 11) is 0. The van der Waals surface area contributed by atoms with Crippen molar-refractivity contribution in [1.82, 2.24) is 0 Å². The maximum atomic E-state index is 6.94. The van der Waals surface area contributed by atoms with Gasteiger partial charge in [-0.25, -0.2) is 4.99 Å². The molecule has 0 unspecified atom stereocenters. The van der Waals surface area contributed by atoms with Crippen LogP contribution < -0.4 is 0 Å². The molecule has 6 aromatic carbocycles. The highest BCUT2D eigenvalue weighted by Gasteiger charge is 2.50. The van der Waals surface area contributed by atoms with Crippen LogP contribution in [0.4, 0.5) is 5.69 Å². The Balaban J connectivity index is 1.26. The topological polar surface area (TPSA) is 67.7 Å². The minimum Gasteiger partial charge on any atom is -0.444 e. The summed E-state index contributed by atoms with van der Waals surface area (Å²) in [5.74, 6) is 0.398. The van der Waals surface area contributed by atoms with Crippen molar-refractivity contribution in [3.63, 3.8) is 0 Å². The van der Waals surface area contributed by atoms with E-state index in [9.17, 15) is 0 Å². The second-order valence-electron chi connectivity index (χ2n) is 13.1. The fourth-order valence-corrected chi connectivity index (χ4v) is 6.31. The van der Waals surface area contributed by atoms with Crippen LogP contribution in [0.2, 0.25) is 0 Å². The lowest BCUT2D eigenvalue weighted by atomic mass is 9.97. The van der Waals surface area contributed by atoms with Gasteiger partial charge in [-0.15, -0.1) is 0 Å². The van der Waals surface area contributed by atoms with Gasteiger partial charge in [-0.2, -0.15) is 0 Å². The molecule has 1 heterocycles. The van der Waals surface area contributed by atoms with Gasteiger partial charge < -0.3 is 28.4 Å². The number of ether oxygens (including phenoxy) is 6. The molecule has 6 aromatic rings. The molecule has 1 fully saturated rings. The van der Waals surface area contributed by atoms with Crippen LogP contribution in [0.1, 0.15) is 27.8 Å². The molecule has 0 spiro atoms. The number of aliphatic imine (C=N–C) groups is 1. The van der Waals surface area contributed by atoms with Gasteiger partial charge in [-0.1, -0.05) is 158 Å². The molecular formula is C47H45NO6. The lowest BCUT2D eigenvalue weighted by molar-refractivity contribution is -0.313. The van der Waals surface area contributed by atoms with E-state index < -0.39 is 30.7 Å². The van der Waals surface area contributed by atoms with Crippen molar-refractivity contribution in [2.75, 3.05) is 6.61 Å². The molecule has 274 valence electrons. The summed E-state index contributed by atoms with van der Waals surface area (Å²) >= 11 is 0. The number of hydrogen-bond acceptors (Lipinski definition) is 7. The Labute approximate surface area is 317 Å². The zero-order valence-electron chi connectivity index (χ0n) is 30.1. The van der Waals surface area contributed by atoms with Crippen LogP contribution in [0.3, 0.4) is 0 Å². The van der Waals surface area contributed by atoms with E-state index in [1.807, 2.05) is 182 Å². The maximum absolute atomic E-state index is 6.94. The van der Waals surface area contributed by atoms with E-state index in [0.29, 0.717) is 32.3 Å². The largest absolute Gasteiger partial charge is 0.444 e. The van der Waals surface area contributed by atoms with Crippen molar-refractivity contribution in [2.45, 2.75) is 57.1 Å². The Hall–Kier alpha value is -5.41. The lowest BCUT2D eigenvalue weighted by Crippen LogP contribution is -2.62. The first-order valence-corrected chi connectivity index (χ1v) is 18.4. The molecule has 0 amide bonds. The van der Waals surface area contributed by atoms with E-state index in [2.05, 4.69) is 0 Å². The summed E-state index contributed by atoms with van der Waals surface area (Å²) in [6.07, 6.45) is -3.48. The molecule has 0 radical (unpaired) electrons. The molecule has 0 N–H and O–H groups in total. The first-order valence-electron chi connectivity index (χ1n) is 18.4. The van der Waals surface area contributed by atoms with Gasteiger partial charge in [0.25, 0.3) is 0 Å². The molecule has 0 saturated carbocycles. The summed E-state index contributed by atoms with van der Waals surface area (Å²) in [6.45, 7) is 1.61. The third kappa shape index (κ3) is 10.6. The highest BCUT2D eigenvalue weighted by molar-refractivity contribution is 5.95. The zero-order valence-corrected chi connectivity index (χ0v) is 30.1. The van der Waals surface area contributed by atoms with E-state index in [0.717, 1.165) is 33.5 Å². The second kappa shape index (κ2) is 19.6. The molecule has 54 heavy (non-hydrogen) atoms. The number of benzene rings is 6. The van der Waals surface area contributed by atoms with Crippen LogP contribution in [0.5, 0.6) is 0 Å². The Bertz CT molecular complexity index is 1960. The number of para-hydroxylation sites is 1. The highest BCUT2D eigenvalue weighted by Crippen LogP contribution is 2.33. The third-order valence-electron chi connectivity index (χ3n) is 9.08. The molecule has 5 atom stereocenters. The molecule has 0 bridgehead atoms. The van der Waals surface area contributed by atoms with Crippen LogP contribution in [0.15, 0.2) is 187 Å². The van der Waals surface area contributed by atoms with Gasteiger partial charge >= 0.3 is 0 Å². The molecule has 7 heteroatoms. The monoisotopic (exact) mass is 719 g/mol. The minimum absolute atomic E-state index is 0.224. The predicted octanol–water partition coefficient (Wildman–Crippen LogP) is 9.48. The first-order chi connectivity index (χ1) is 26.8. The molecule has 0 aromatic heterocycles. The van der Waals surface area contributed by atoms with Gasteiger partial charge in [-0.3, -0.25) is 0 Å². The fourth-order valence-electron chi connectivity index (χ4n) is 6.31. The number of nitrogens with zero attached hydrogens (tertiary/aromatic N) is 1. The minimum atomic E-state index is -0.945. The van der Waals surface area contributed by atoms with E-state index in [-0.39, 0.29) is 6.61 Å². The van der Waals surface area contributed by atoms with Crippen molar-refractivity contribution < 1.29 is 28.4 Å². The molecule has 1 aliphatic heterocycles. The SMILES string of the molecule is c1ccc(COC[C@H]2O[C@H](OC(=Nc3ccccc3)c3ccccc3)[C@H](OCc3ccccc3)[C@@H](OCc3ccccc3)[C@@H]2OCc2ccccc2)cc1. The molecule has 7 rings (SSSR count). The molecular weight excluding hydrogens is 675 g/mol. The Morgan fingerprint density at radius 1 is 0.444 bits per heavy atom. The maximum Gasteiger partial charge on any atom is 0.231 e. The summed E-state index contributed by atoms with van der Waals surface area (Å²) in [6, 6.07) is 60.0. The van der Waals surface area contributed by atoms with Crippen LogP contribution in [-0.4, -0.2) is 43.2 Å². The van der Waals surface area contributed by atoms with E-state index in [1.54, 1.807) is 0 Å². The van der Waals surface area contributed by atoms with Crippen molar-refractivity contribution in [2.24, 2.45) is 4.99 Å². The summed E-state index contributed by atoms with van der Waals surface area (Å²) in [5, 5.41) is 0. The van der Waals surface area contributed by atoms with Gasteiger partial charge in [0.15, 0.2) is 0 Å². The predicted molar refractivity (Wildman–Crippen MR) is 210 cm³/mol. The van der Waals surface area contributed by atoms with Gasteiger partial charge in [0, 0.05) is 5.56 Å². The zero-order chi connectivity index (χ0) is 36.6. The van der Waals surface area contributed by atoms with Gasteiger partial charge in [-0.05, 0) is 46.5 Å². The first kappa shape index (κ1) is 36.9. The quantitative estimate of drug-likeness (QED) is 0.0734. The molecule has 1 saturated heterocycles. The smallest absolute Gasteiger partial charge is 0.231 e. The van der Waals surface area contributed by atoms with E-state index in [4.69, 9.17) is 33.4 Å². The van der Waals surface area contributed by atoms with E-state index in [1.165, 1.54) is 0 Å². The summed E-state index contributed by atoms with van der Waals surface area (Å²) in [4.78, 5) is 4.97. The summed E-state index contributed by atoms with van der Waals surface area (Å²) in [5.41, 5.74) is 5.67. The number of rotatable bonds is 16. The van der Waals surface area contributed by atoms with Crippen molar-refractivity contribution >= 4 is 11.6 Å². The van der Waals surface area contributed by atoms with Crippen molar-refractivity contribution in [1.29, 1.82) is 0 Å². The highest BCUT2D eigenvalue weighted by atomic mass is 16.7. The van der Waals surface area contributed by atoms with Crippen molar-refractivity contribution in [3.8, 4) is 0 Å². The normalized spacial score (nSPS) is 20.0. The Morgan fingerprint density at radius 3 is 1.35 bits per heavy atom. The average Bonchev–Trinajstić information content (AvgIpc) is 3.24. The number of hydrogen-bond donors (Lipinski definition) is 0. The van der Waals surface area contributed by atoms with Crippen LogP contribution in [0, 0.1) is 0 Å². The third-order valence-corrected chi connectivity index (χ3v) is 9.08.